The van der Waals surface area contributed by atoms with Gasteiger partial charge in [-0.15, -0.1) is 0 Å². The van der Waals surface area contributed by atoms with Crippen molar-refractivity contribution in [3.63, 3.8) is 0 Å². The number of aromatic nitrogens is 2. The maximum atomic E-state index is 13.3. The monoisotopic (exact) mass is 288 g/mol. The first-order chi connectivity index (χ1) is 9.56. The second-order valence-corrected chi connectivity index (χ2v) is 4.88. The average molecular weight is 289 g/mol. The molecule has 100 valence electrons. The summed E-state index contributed by atoms with van der Waals surface area (Å²) in [5.41, 5.74) is 0.778. The van der Waals surface area contributed by atoms with Crippen molar-refractivity contribution in [2.45, 2.75) is 6.92 Å². The lowest BCUT2D eigenvalue weighted by Crippen LogP contribution is -2.22. The minimum absolute atomic E-state index is 0.246. The third kappa shape index (κ3) is 2.08. The zero-order valence-corrected chi connectivity index (χ0v) is 11.4. The van der Waals surface area contributed by atoms with Gasteiger partial charge >= 0.3 is 0 Å². The third-order valence-corrected chi connectivity index (χ3v) is 3.30. The van der Waals surface area contributed by atoms with E-state index in [1.54, 1.807) is 31.2 Å². The van der Waals surface area contributed by atoms with Crippen LogP contribution in [0.3, 0.4) is 0 Å². The summed E-state index contributed by atoms with van der Waals surface area (Å²) < 4.78 is 14.7. The maximum Gasteiger partial charge on any atom is 0.266 e. The van der Waals surface area contributed by atoms with Gasteiger partial charge in [0.1, 0.15) is 11.6 Å². The van der Waals surface area contributed by atoms with Crippen molar-refractivity contribution in [2.24, 2.45) is 0 Å². The van der Waals surface area contributed by atoms with Crippen LogP contribution in [0.1, 0.15) is 5.82 Å². The number of nitrogens with zero attached hydrogens (tertiary/aromatic N) is 2. The van der Waals surface area contributed by atoms with Crippen LogP contribution in [0.5, 0.6) is 0 Å². The molecule has 0 bridgehead atoms. The van der Waals surface area contributed by atoms with Crippen LogP contribution in [0.25, 0.3) is 16.6 Å². The Morgan fingerprint density at radius 3 is 2.75 bits per heavy atom. The highest BCUT2D eigenvalue weighted by Gasteiger charge is 2.10. The van der Waals surface area contributed by atoms with Crippen molar-refractivity contribution >= 4 is 22.5 Å². The average Bonchev–Trinajstić information content (AvgIpc) is 2.40. The summed E-state index contributed by atoms with van der Waals surface area (Å²) >= 11 is 5.95. The first-order valence-corrected chi connectivity index (χ1v) is 6.39. The van der Waals surface area contributed by atoms with Crippen LogP contribution in [-0.4, -0.2) is 9.55 Å². The van der Waals surface area contributed by atoms with Crippen LogP contribution in [0, 0.1) is 12.7 Å². The highest BCUT2D eigenvalue weighted by molar-refractivity contribution is 6.30. The quantitative estimate of drug-likeness (QED) is 0.687. The van der Waals surface area contributed by atoms with E-state index in [4.69, 9.17) is 11.6 Å². The molecule has 0 saturated carbocycles. The molecule has 0 saturated heterocycles. The lowest BCUT2D eigenvalue weighted by Gasteiger charge is -2.11. The van der Waals surface area contributed by atoms with Crippen LogP contribution in [0.4, 0.5) is 4.39 Å². The Morgan fingerprint density at radius 2 is 2.00 bits per heavy atom. The minimum Gasteiger partial charge on any atom is -0.268 e. The molecule has 3 rings (SSSR count). The van der Waals surface area contributed by atoms with Gasteiger partial charge in [-0.25, -0.2) is 9.37 Å². The molecule has 0 unspecified atom stereocenters. The van der Waals surface area contributed by atoms with Crippen LogP contribution in [0.15, 0.2) is 47.3 Å². The molecule has 0 fully saturated rings. The molecule has 0 amide bonds. The van der Waals surface area contributed by atoms with Gasteiger partial charge in [0.25, 0.3) is 5.56 Å². The zero-order chi connectivity index (χ0) is 14.3. The SMILES string of the molecule is Cc1nc2ccc(F)cc2c(=O)n1-c1cccc(Cl)c1. The fraction of sp³-hybridized carbons (Fsp3) is 0.0667. The van der Waals surface area contributed by atoms with Crippen LogP contribution in [0.2, 0.25) is 5.02 Å². The van der Waals surface area contributed by atoms with Gasteiger partial charge in [-0.1, -0.05) is 17.7 Å². The van der Waals surface area contributed by atoms with Crippen molar-refractivity contribution in [2.75, 3.05) is 0 Å². The summed E-state index contributed by atoms with van der Waals surface area (Å²) in [6.45, 7) is 1.73. The summed E-state index contributed by atoms with van der Waals surface area (Å²) in [4.78, 5) is 16.9. The molecule has 0 spiro atoms. The molecule has 1 heterocycles. The molecule has 2 aromatic carbocycles. The smallest absolute Gasteiger partial charge is 0.266 e. The lowest BCUT2D eigenvalue weighted by molar-refractivity contribution is 0.629. The summed E-state index contributed by atoms with van der Waals surface area (Å²) in [5.74, 6) is 0.0641. The number of aryl methyl sites for hydroxylation is 1. The van der Waals surface area contributed by atoms with Crippen molar-refractivity contribution in [3.8, 4) is 5.69 Å². The molecular formula is C15H10ClFN2O. The van der Waals surface area contributed by atoms with Gasteiger partial charge in [0.05, 0.1) is 16.6 Å². The Morgan fingerprint density at radius 1 is 1.20 bits per heavy atom. The minimum atomic E-state index is -0.460. The van der Waals surface area contributed by atoms with Gasteiger partial charge in [0.15, 0.2) is 0 Å². The number of halogens is 2. The van der Waals surface area contributed by atoms with Gasteiger partial charge < -0.3 is 0 Å². The molecule has 3 nitrogen and oxygen atoms in total. The molecule has 0 N–H and O–H groups in total. The largest absolute Gasteiger partial charge is 0.268 e. The molecule has 3 aromatic rings. The van der Waals surface area contributed by atoms with E-state index in [9.17, 15) is 9.18 Å². The second-order valence-electron chi connectivity index (χ2n) is 4.44. The predicted octanol–water partition coefficient (Wildman–Crippen LogP) is 3.49. The van der Waals surface area contributed by atoms with E-state index in [2.05, 4.69) is 4.98 Å². The molecular weight excluding hydrogens is 279 g/mol. The summed E-state index contributed by atoms with van der Waals surface area (Å²) in [6, 6.07) is 10.9. The van der Waals surface area contributed by atoms with Gasteiger partial charge in [-0.3, -0.25) is 9.36 Å². The molecule has 0 aliphatic rings. The molecule has 1 aromatic heterocycles. The fourth-order valence-electron chi connectivity index (χ4n) is 2.19. The fourth-order valence-corrected chi connectivity index (χ4v) is 2.37. The van der Waals surface area contributed by atoms with Crippen LogP contribution in [-0.2, 0) is 0 Å². The third-order valence-electron chi connectivity index (χ3n) is 3.06. The highest BCUT2D eigenvalue weighted by atomic mass is 35.5. The predicted molar refractivity (Wildman–Crippen MR) is 77.0 cm³/mol. The second kappa shape index (κ2) is 4.72. The number of hydrogen-bond acceptors (Lipinski definition) is 2. The standard InChI is InChI=1S/C15H10ClFN2O/c1-9-18-14-6-5-11(17)8-13(14)15(20)19(9)12-4-2-3-10(16)7-12/h2-8H,1H3. The number of benzene rings is 2. The van der Waals surface area contributed by atoms with E-state index in [0.29, 0.717) is 22.1 Å². The number of rotatable bonds is 1. The summed E-state index contributed by atoms with van der Waals surface area (Å²) in [7, 11) is 0. The van der Waals surface area contributed by atoms with Gasteiger partial charge in [0, 0.05) is 5.02 Å². The lowest BCUT2D eigenvalue weighted by atomic mass is 10.2. The Labute approximate surface area is 119 Å². The number of hydrogen-bond donors (Lipinski definition) is 0. The topological polar surface area (TPSA) is 34.9 Å². The molecule has 0 aliphatic carbocycles. The van der Waals surface area contributed by atoms with Gasteiger partial charge in [0.2, 0.25) is 0 Å². The van der Waals surface area contributed by atoms with Crippen molar-refractivity contribution in [3.05, 3.63) is 69.5 Å². The Balaban J connectivity index is 2.39. The number of fused-ring (bicyclic) bond motifs is 1. The molecule has 0 radical (unpaired) electrons. The van der Waals surface area contributed by atoms with Crippen LogP contribution < -0.4 is 5.56 Å². The van der Waals surface area contributed by atoms with Crippen molar-refractivity contribution in [1.82, 2.24) is 9.55 Å². The van der Waals surface area contributed by atoms with Crippen LogP contribution >= 0.6 is 11.6 Å². The van der Waals surface area contributed by atoms with Gasteiger partial charge in [-0.05, 0) is 43.3 Å². The van der Waals surface area contributed by atoms with Crippen molar-refractivity contribution < 1.29 is 4.39 Å². The first-order valence-electron chi connectivity index (χ1n) is 6.01. The maximum absolute atomic E-state index is 13.3. The van der Waals surface area contributed by atoms with E-state index in [0.717, 1.165) is 0 Å². The Bertz CT molecular complexity index is 873. The van der Waals surface area contributed by atoms with E-state index in [1.165, 1.54) is 22.8 Å². The van der Waals surface area contributed by atoms with Crippen molar-refractivity contribution in [1.29, 1.82) is 0 Å². The summed E-state index contributed by atoms with van der Waals surface area (Å²) in [6.07, 6.45) is 0. The molecule has 0 atom stereocenters. The molecule has 5 heteroatoms. The Kier molecular flexibility index (Phi) is 3.03. The molecule has 0 aliphatic heterocycles. The first kappa shape index (κ1) is 12.8. The van der Waals surface area contributed by atoms with Gasteiger partial charge in [-0.2, -0.15) is 0 Å². The summed E-state index contributed by atoms with van der Waals surface area (Å²) in [5, 5.41) is 0.767. The van der Waals surface area contributed by atoms with E-state index in [-0.39, 0.29) is 10.9 Å². The Hall–Kier alpha value is -2.20. The highest BCUT2D eigenvalue weighted by Crippen LogP contribution is 2.17. The normalized spacial score (nSPS) is 10.9. The van der Waals surface area contributed by atoms with E-state index in [1.807, 2.05) is 0 Å². The zero-order valence-electron chi connectivity index (χ0n) is 10.6. The molecule has 20 heavy (non-hydrogen) atoms. The van der Waals surface area contributed by atoms with E-state index < -0.39 is 5.82 Å². The van der Waals surface area contributed by atoms with E-state index >= 15 is 0 Å².